The van der Waals surface area contributed by atoms with E-state index in [4.69, 9.17) is 23.2 Å². The molecule has 0 atom stereocenters. The largest absolute Gasteiger partial charge is 0.408 e. The number of hydrogen-bond donors (Lipinski definition) is 0. The van der Waals surface area contributed by atoms with Crippen LogP contribution >= 0.6 is 23.2 Å². The Morgan fingerprint density at radius 2 is 1.85 bits per heavy atom. The highest BCUT2D eigenvalue weighted by Crippen LogP contribution is 2.25. The molecule has 0 radical (unpaired) electrons. The van der Waals surface area contributed by atoms with Crippen LogP contribution in [0.5, 0.6) is 0 Å². The van der Waals surface area contributed by atoms with Gasteiger partial charge in [0, 0.05) is 22.7 Å². The molecule has 1 aromatic heterocycles. The number of nitro groups is 2. The SMILES string of the molecule is O=[N+]([O-])c1ccc(Cl)c(Cn2cc(Cl)c([N+](=O)[O-])n2)c1. The molecule has 2 aromatic rings. The van der Waals surface area contributed by atoms with E-state index in [9.17, 15) is 20.2 Å². The summed E-state index contributed by atoms with van der Waals surface area (Å²) in [6.07, 6.45) is 1.26. The minimum Gasteiger partial charge on any atom is -0.358 e. The third-order valence-corrected chi connectivity index (χ3v) is 3.08. The molecular weight excluding hydrogens is 311 g/mol. The van der Waals surface area contributed by atoms with E-state index in [2.05, 4.69) is 5.10 Å². The molecule has 0 fully saturated rings. The maximum atomic E-state index is 10.7. The van der Waals surface area contributed by atoms with Crippen LogP contribution in [0.1, 0.15) is 5.56 Å². The average Bonchev–Trinajstić information content (AvgIpc) is 2.73. The van der Waals surface area contributed by atoms with Gasteiger partial charge >= 0.3 is 5.82 Å². The Morgan fingerprint density at radius 3 is 2.40 bits per heavy atom. The van der Waals surface area contributed by atoms with Crippen LogP contribution in [0.15, 0.2) is 24.4 Å². The highest BCUT2D eigenvalue weighted by Gasteiger charge is 2.20. The monoisotopic (exact) mass is 316 g/mol. The molecule has 20 heavy (non-hydrogen) atoms. The van der Waals surface area contributed by atoms with Crippen LogP contribution in [0, 0.1) is 20.2 Å². The zero-order chi connectivity index (χ0) is 14.9. The predicted molar refractivity (Wildman–Crippen MR) is 71.1 cm³/mol. The van der Waals surface area contributed by atoms with Crippen molar-refractivity contribution in [2.75, 3.05) is 0 Å². The van der Waals surface area contributed by atoms with E-state index >= 15 is 0 Å². The molecule has 0 N–H and O–H groups in total. The van der Waals surface area contributed by atoms with Crippen molar-refractivity contribution in [1.82, 2.24) is 9.78 Å². The second-order valence-electron chi connectivity index (χ2n) is 3.79. The maximum Gasteiger partial charge on any atom is 0.408 e. The van der Waals surface area contributed by atoms with Crippen LogP contribution in [0.4, 0.5) is 11.5 Å². The Bertz CT molecular complexity index is 701. The molecule has 0 spiro atoms. The van der Waals surface area contributed by atoms with Crippen molar-refractivity contribution in [1.29, 1.82) is 0 Å². The van der Waals surface area contributed by atoms with E-state index in [-0.39, 0.29) is 17.3 Å². The van der Waals surface area contributed by atoms with Crippen molar-refractivity contribution in [2.24, 2.45) is 0 Å². The summed E-state index contributed by atoms with van der Waals surface area (Å²) in [4.78, 5) is 20.1. The van der Waals surface area contributed by atoms with E-state index in [1.54, 1.807) is 0 Å². The number of nitro benzene ring substituents is 1. The topological polar surface area (TPSA) is 104 Å². The van der Waals surface area contributed by atoms with Crippen LogP contribution in [-0.4, -0.2) is 19.6 Å². The quantitative estimate of drug-likeness (QED) is 0.636. The first-order chi connectivity index (χ1) is 9.38. The summed E-state index contributed by atoms with van der Waals surface area (Å²) >= 11 is 11.6. The lowest BCUT2D eigenvalue weighted by Crippen LogP contribution is -2.02. The van der Waals surface area contributed by atoms with Gasteiger partial charge < -0.3 is 10.1 Å². The van der Waals surface area contributed by atoms with E-state index < -0.39 is 15.7 Å². The Kier molecular flexibility index (Phi) is 3.86. The van der Waals surface area contributed by atoms with Crippen LogP contribution in [0.2, 0.25) is 10.0 Å². The van der Waals surface area contributed by atoms with Gasteiger partial charge in [0.05, 0.1) is 22.8 Å². The van der Waals surface area contributed by atoms with E-state index in [0.29, 0.717) is 10.6 Å². The molecule has 8 nitrogen and oxygen atoms in total. The Morgan fingerprint density at radius 1 is 1.15 bits per heavy atom. The first-order valence-electron chi connectivity index (χ1n) is 5.18. The lowest BCUT2D eigenvalue weighted by Gasteiger charge is -2.01. The summed E-state index contributed by atoms with van der Waals surface area (Å²) < 4.78 is 1.20. The number of rotatable bonds is 4. The third kappa shape index (κ3) is 2.86. The molecule has 0 aliphatic rings. The first-order valence-corrected chi connectivity index (χ1v) is 5.94. The van der Waals surface area contributed by atoms with Gasteiger partial charge in [-0.1, -0.05) is 23.2 Å². The van der Waals surface area contributed by atoms with E-state index in [1.807, 2.05) is 0 Å². The zero-order valence-electron chi connectivity index (χ0n) is 9.69. The minimum atomic E-state index is -0.714. The number of non-ortho nitro benzene ring substituents is 1. The van der Waals surface area contributed by atoms with Gasteiger partial charge in [-0.05, 0) is 11.0 Å². The minimum absolute atomic E-state index is 0.0358. The number of nitrogens with zero attached hydrogens (tertiary/aromatic N) is 4. The van der Waals surface area contributed by atoms with Gasteiger partial charge in [-0.2, -0.15) is 4.68 Å². The van der Waals surface area contributed by atoms with Crippen molar-refractivity contribution in [3.63, 3.8) is 0 Å². The van der Waals surface area contributed by atoms with E-state index in [1.165, 1.54) is 29.1 Å². The second kappa shape index (κ2) is 5.43. The molecule has 0 saturated carbocycles. The molecule has 0 amide bonds. The predicted octanol–water partition coefficient (Wildman–Crippen LogP) is 3.05. The first kappa shape index (κ1) is 14.2. The molecule has 104 valence electrons. The number of aromatic nitrogens is 2. The fourth-order valence-electron chi connectivity index (χ4n) is 1.56. The van der Waals surface area contributed by atoms with Crippen molar-refractivity contribution < 1.29 is 9.85 Å². The maximum absolute atomic E-state index is 10.7. The summed E-state index contributed by atoms with van der Waals surface area (Å²) in [5.41, 5.74) is 0.284. The van der Waals surface area contributed by atoms with Gasteiger partial charge in [-0.25, -0.2) is 0 Å². The van der Waals surface area contributed by atoms with Gasteiger partial charge in [0.1, 0.15) is 0 Å². The highest BCUT2D eigenvalue weighted by molar-refractivity contribution is 6.32. The highest BCUT2D eigenvalue weighted by atomic mass is 35.5. The van der Waals surface area contributed by atoms with Crippen LogP contribution < -0.4 is 0 Å². The molecule has 0 saturated heterocycles. The molecule has 1 heterocycles. The summed E-state index contributed by atoms with van der Waals surface area (Å²) in [7, 11) is 0. The van der Waals surface area contributed by atoms with Crippen LogP contribution in [-0.2, 0) is 6.54 Å². The van der Waals surface area contributed by atoms with Gasteiger partial charge in [0.25, 0.3) is 5.69 Å². The fourth-order valence-corrected chi connectivity index (χ4v) is 1.96. The standard InChI is InChI=1S/C10H6Cl2N4O4/c11-8-2-1-7(15(17)18)3-6(8)4-14-5-9(12)10(13-14)16(19)20/h1-3,5H,4H2. The molecule has 0 aliphatic carbocycles. The lowest BCUT2D eigenvalue weighted by atomic mass is 10.2. The summed E-state index contributed by atoms with van der Waals surface area (Å²) in [6, 6.07) is 3.93. The van der Waals surface area contributed by atoms with E-state index in [0.717, 1.165) is 0 Å². The van der Waals surface area contributed by atoms with Crippen LogP contribution in [0.25, 0.3) is 0 Å². The van der Waals surface area contributed by atoms with Crippen molar-refractivity contribution in [2.45, 2.75) is 6.54 Å². The summed E-state index contributed by atoms with van der Waals surface area (Å²) in [5, 5.41) is 25.2. The molecule has 0 unspecified atom stereocenters. The normalized spacial score (nSPS) is 10.5. The third-order valence-electron chi connectivity index (χ3n) is 2.44. The smallest absolute Gasteiger partial charge is 0.358 e. The molecule has 10 heteroatoms. The summed E-state index contributed by atoms with van der Waals surface area (Å²) in [5.74, 6) is -0.479. The molecule has 0 bridgehead atoms. The average molecular weight is 317 g/mol. The molecule has 2 rings (SSSR count). The lowest BCUT2D eigenvalue weighted by molar-refractivity contribution is -0.389. The van der Waals surface area contributed by atoms with Crippen molar-refractivity contribution in [3.05, 3.63) is 60.2 Å². The molecule has 0 aliphatic heterocycles. The van der Waals surface area contributed by atoms with Gasteiger partial charge in [0.15, 0.2) is 5.02 Å². The van der Waals surface area contributed by atoms with Crippen LogP contribution in [0.3, 0.4) is 0 Å². The second-order valence-corrected chi connectivity index (χ2v) is 4.60. The number of benzene rings is 1. The fraction of sp³-hybridized carbons (Fsp3) is 0.100. The number of hydrogen-bond acceptors (Lipinski definition) is 5. The molecular formula is C10H6Cl2N4O4. The van der Waals surface area contributed by atoms with Crippen molar-refractivity contribution in [3.8, 4) is 0 Å². The molecule has 1 aromatic carbocycles. The zero-order valence-corrected chi connectivity index (χ0v) is 11.2. The van der Waals surface area contributed by atoms with Gasteiger partial charge in [-0.3, -0.25) is 10.1 Å². The Labute approximate surface area is 121 Å². The summed E-state index contributed by atoms with van der Waals surface area (Å²) in [6.45, 7) is 0.0358. The number of halogens is 2. The van der Waals surface area contributed by atoms with Crippen molar-refractivity contribution >= 4 is 34.7 Å². The Hall–Kier alpha value is -2.19. The van der Waals surface area contributed by atoms with Gasteiger partial charge in [0.2, 0.25) is 0 Å². The van der Waals surface area contributed by atoms with Gasteiger partial charge in [-0.15, -0.1) is 0 Å². The Balaban J connectivity index is 2.34.